The van der Waals surface area contributed by atoms with Crippen molar-refractivity contribution in [3.63, 3.8) is 0 Å². The van der Waals surface area contributed by atoms with Crippen LogP contribution < -0.4 is 5.73 Å². The maximum absolute atomic E-state index is 11.8. The second kappa shape index (κ2) is 6.00. The van der Waals surface area contributed by atoms with Crippen LogP contribution in [0.1, 0.15) is 19.8 Å². The molecule has 0 saturated carbocycles. The highest BCUT2D eigenvalue weighted by Gasteiger charge is 2.27. The first-order valence-corrected chi connectivity index (χ1v) is 5.99. The Kier molecular flexibility index (Phi) is 4.93. The summed E-state index contributed by atoms with van der Waals surface area (Å²) in [6.45, 7) is 3.30. The number of rotatable bonds is 5. The predicted molar refractivity (Wildman–Crippen MR) is 65.9 cm³/mol. The van der Waals surface area contributed by atoms with E-state index in [1.807, 2.05) is 19.0 Å². The van der Waals surface area contributed by atoms with E-state index in [1.165, 1.54) is 0 Å². The summed E-state index contributed by atoms with van der Waals surface area (Å²) in [6, 6.07) is 0.445. The van der Waals surface area contributed by atoms with Crippen LogP contribution in [0.5, 0.6) is 0 Å². The third-order valence-corrected chi connectivity index (χ3v) is 3.34. The summed E-state index contributed by atoms with van der Waals surface area (Å²) in [6.07, 6.45) is 3.02. The zero-order valence-corrected chi connectivity index (χ0v) is 10.8. The minimum atomic E-state index is -0.360. The van der Waals surface area contributed by atoms with Crippen molar-refractivity contribution in [3.8, 4) is 0 Å². The molecular weight excluding hydrogens is 218 g/mol. The van der Waals surface area contributed by atoms with E-state index in [-0.39, 0.29) is 17.7 Å². The van der Waals surface area contributed by atoms with E-state index in [0.29, 0.717) is 12.5 Å². The summed E-state index contributed by atoms with van der Waals surface area (Å²) in [5.74, 6) is -0.615. The minimum absolute atomic E-state index is 0.0162. The summed E-state index contributed by atoms with van der Waals surface area (Å²) in [4.78, 5) is 26.7. The number of carbonyl (C=O) groups is 2. The van der Waals surface area contributed by atoms with Gasteiger partial charge < -0.3 is 15.5 Å². The van der Waals surface area contributed by atoms with Crippen molar-refractivity contribution >= 4 is 11.8 Å². The van der Waals surface area contributed by atoms with Gasteiger partial charge in [-0.2, -0.15) is 0 Å². The quantitative estimate of drug-likeness (QED) is 0.727. The van der Waals surface area contributed by atoms with Gasteiger partial charge in [-0.15, -0.1) is 0 Å². The number of nitrogens with two attached hydrogens (primary N) is 1. The zero-order chi connectivity index (χ0) is 13.0. The second-order valence-corrected chi connectivity index (χ2v) is 4.93. The molecule has 0 spiro atoms. The van der Waals surface area contributed by atoms with Crippen molar-refractivity contribution in [1.82, 2.24) is 9.80 Å². The van der Waals surface area contributed by atoms with Crippen molar-refractivity contribution < 1.29 is 9.59 Å². The summed E-state index contributed by atoms with van der Waals surface area (Å²) >= 11 is 0. The molecule has 2 amide bonds. The van der Waals surface area contributed by atoms with Gasteiger partial charge in [-0.25, -0.2) is 0 Å². The second-order valence-electron chi connectivity index (χ2n) is 4.93. The standard InChI is InChI=1S/C12H22N3O2/c1-9(12(13)17)4-5-11(16)15-7-6-10(8-15)14(2)3/h5,9-10H,4,6-8H2,1-3H3,(H2,13,17)/t9-,10+/m0/s1. The van der Waals surface area contributed by atoms with Crippen LogP contribution in [0.25, 0.3) is 0 Å². The molecule has 1 radical (unpaired) electrons. The van der Waals surface area contributed by atoms with Gasteiger partial charge in [-0.05, 0) is 26.9 Å². The molecule has 1 saturated heterocycles. The maximum atomic E-state index is 11.8. The Morgan fingerprint density at radius 1 is 1.53 bits per heavy atom. The van der Waals surface area contributed by atoms with Crippen LogP contribution in [0.2, 0.25) is 0 Å². The van der Waals surface area contributed by atoms with Gasteiger partial charge in [0.15, 0.2) is 0 Å². The Labute approximate surface area is 103 Å². The number of likely N-dealkylation sites (tertiary alicyclic amines) is 1. The van der Waals surface area contributed by atoms with Gasteiger partial charge in [0.1, 0.15) is 0 Å². The Hall–Kier alpha value is -1.10. The molecule has 5 nitrogen and oxygen atoms in total. The van der Waals surface area contributed by atoms with Gasteiger partial charge in [0.2, 0.25) is 11.8 Å². The van der Waals surface area contributed by atoms with Crippen LogP contribution in [0.15, 0.2) is 0 Å². The number of nitrogens with zero attached hydrogens (tertiary/aromatic N) is 2. The lowest BCUT2D eigenvalue weighted by Gasteiger charge is -2.20. The number of hydrogen-bond donors (Lipinski definition) is 1. The average molecular weight is 240 g/mol. The first-order chi connectivity index (χ1) is 7.91. The lowest BCUT2D eigenvalue weighted by atomic mass is 10.0. The fraction of sp³-hybridized carbons (Fsp3) is 0.750. The van der Waals surface area contributed by atoms with E-state index < -0.39 is 0 Å². The molecule has 1 rings (SSSR count). The Bertz CT molecular complexity index is 291. The van der Waals surface area contributed by atoms with Gasteiger partial charge >= 0.3 is 0 Å². The van der Waals surface area contributed by atoms with Crippen molar-refractivity contribution in [2.24, 2.45) is 11.7 Å². The third-order valence-electron chi connectivity index (χ3n) is 3.34. The van der Waals surface area contributed by atoms with E-state index >= 15 is 0 Å². The summed E-state index contributed by atoms with van der Waals surface area (Å²) in [5.41, 5.74) is 5.15. The molecule has 2 N–H and O–H groups in total. The third kappa shape index (κ3) is 4.00. The zero-order valence-electron chi connectivity index (χ0n) is 10.8. The number of likely N-dealkylation sites (N-methyl/N-ethyl adjacent to an activating group) is 1. The SMILES string of the molecule is C[C@@H](C[CH]C(=O)N1CC[C@@H](N(C)C)C1)C(N)=O. The molecular formula is C12H22N3O2. The average Bonchev–Trinajstić information content (AvgIpc) is 2.74. The highest BCUT2D eigenvalue weighted by atomic mass is 16.2. The molecule has 0 aliphatic carbocycles. The summed E-state index contributed by atoms with van der Waals surface area (Å²) < 4.78 is 0. The van der Waals surface area contributed by atoms with Crippen molar-refractivity contribution in [2.45, 2.75) is 25.8 Å². The fourth-order valence-electron chi connectivity index (χ4n) is 1.89. The molecule has 0 aromatic heterocycles. The number of carbonyl (C=O) groups excluding carboxylic acids is 2. The molecule has 0 aromatic carbocycles. The van der Waals surface area contributed by atoms with Crippen LogP contribution in [0.4, 0.5) is 0 Å². The van der Waals surface area contributed by atoms with Crippen LogP contribution in [-0.2, 0) is 9.59 Å². The van der Waals surface area contributed by atoms with Crippen molar-refractivity contribution in [1.29, 1.82) is 0 Å². The smallest absolute Gasteiger partial charge is 0.226 e. The summed E-state index contributed by atoms with van der Waals surface area (Å²) in [7, 11) is 4.05. The monoisotopic (exact) mass is 240 g/mol. The van der Waals surface area contributed by atoms with Gasteiger partial charge in [0.05, 0.1) is 6.42 Å². The Morgan fingerprint density at radius 3 is 2.65 bits per heavy atom. The van der Waals surface area contributed by atoms with E-state index in [0.717, 1.165) is 19.5 Å². The topological polar surface area (TPSA) is 66.6 Å². The van der Waals surface area contributed by atoms with Crippen LogP contribution >= 0.6 is 0 Å². The molecule has 1 aliphatic rings. The van der Waals surface area contributed by atoms with Gasteiger partial charge in [-0.1, -0.05) is 6.92 Å². The number of amides is 2. The Balaban J connectivity index is 2.32. The highest BCUT2D eigenvalue weighted by Crippen LogP contribution is 2.15. The maximum Gasteiger partial charge on any atom is 0.226 e. The van der Waals surface area contributed by atoms with E-state index in [2.05, 4.69) is 4.90 Å². The van der Waals surface area contributed by atoms with Crippen LogP contribution in [0, 0.1) is 12.3 Å². The normalized spacial score (nSPS) is 21.9. The molecule has 5 heteroatoms. The number of hydrogen-bond acceptors (Lipinski definition) is 3. The fourth-order valence-corrected chi connectivity index (χ4v) is 1.89. The summed E-state index contributed by atoms with van der Waals surface area (Å²) in [5, 5.41) is 0. The lowest BCUT2D eigenvalue weighted by Crippen LogP contribution is -2.35. The van der Waals surface area contributed by atoms with Gasteiger partial charge in [0, 0.05) is 25.0 Å². The molecule has 1 heterocycles. The van der Waals surface area contributed by atoms with E-state index in [1.54, 1.807) is 13.3 Å². The Morgan fingerprint density at radius 2 is 2.18 bits per heavy atom. The molecule has 17 heavy (non-hydrogen) atoms. The molecule has 2 atom stereocenters. The van der Waals surface area contributed by atoms with E-state index in [9.17, 15) is 9.59 Å². The highest BCUT2D eigenvalue weighted by molar-refractivity contribution is 5.86. The van der Waals surface area contributed by atoms with Crippen LogP contribution in [-0.4, -0.2) is 54.8 Å². The molecule has 1 fully saturated rings. The first kappa shape index (κ1) is 14.0. The molecule has 0 unspecified atom stereocenters. The van der Waals surface area contributed by atoms with Gasteiger partial charge in [-0.3, -0.25) is 9.59 Å². The van der Waals surface area contributed by atoms with Gasteiger partial charge in [0.25, 0.3) is 0 Å². The molecule has 0 aromatic rings. The first-order valence-electron chi connectivity index (χ1n) is 5.99. The largest absolute Gasteiger partial charge is 0.369 e. The molecule has 97 valence electrons. The van der Waals surface area contributed by atoms with Crippen molar-refractivity contribution in [2.75, 3.05) is 27.2 Å². The molecule has 1 aliphatic heterocycles. The van der Waals surface area contributed by atoms with Crippen LogP contribution in [0.3, 0.4) is 0 Å². The number of primary amides is 1. The molecule has 0 bridgehead atoms. The van der Waals surface area contributed by atoms with Crippen molar-refractivity contribution in [3.05, 3.63) is 6.42 Å². The minimum Gasteiger partial charge on any atom is -0.369 e. The van der Waals surface area contributed by atoms with E-state index in [4.69, 9.17) is 5.73 Å². The predicted octanol–water partition coefficient (Wildman–Crippen LogP) is -0.135. The lowest BCUT2D eigenvalue weighted by molar-refractivity contribution is -0.127.